The van der Waals surface area contributed by atoms with E-state index in [1.807, 2.05) is 6.07 Å². The van der Waals surface area contributed by atoms with Crippen LogP contribution in [-0.4, -0.2) is 37.3 Å². The smallest absolute Gasteiger partial charge is 0.191 e. The second-order valence-corrected chi connectivity index (χ2v) is 5.66. The Hall–Kier alpha value is -2.50. The van der Waals surface area contributed by atoms with Gasteiger partial charge >= 0.3 is 0 Å². The molecule has 23 heavy (non-hydrogen) atoms. The molecule has 1 aliphatic heterocycles. The van der Waals surface area contributed by atoms with E-state index in [0.29, 0.717) is 12.6 Å². The molecule has 3 rings (SSSR count). The van der Waals surface area contributed by atoms with Crippen molar-refractivity contribution in [1.82, 2.24) is 15.8 Å². The molecule has 1 saturated heterocycles. The highest BCUT2D eigenvalue weighted by Gasteiger charge is 2.20. The van der Waals surface area contributed by atoms with Crippen molar-refractivity contribution < 1.29 is 4.52 Å². The molecule has 6 heteroatoms. The molecule has 0 spiro atoms. The maximum Gasteiger partial charge on any atom is 0.191 e. The van der Waals surface area contributed by atoms with Crippen LogP contribution in [0.4, 0.5) is 5.69 Å². The number of anilines is 1. The van der Waals surface area contributed by atoms with Crippen LogP contribution in [0.1, 0.15) is 18.5 Å². The van der Waals surface area contributed by atoms with E-state index in [1.165, 1.54) is 5.69 Å². The quantitative estimate of drug-likeness (QED) is 0.668. The second kappa shape index (κ2) is 7.67. The fraction of sp³-hybridized carbons (Fsp3) is 0.412. The van der Waals surface area contributed by atoms with Gasteiger partial charge in [0.1, 0.15) is 12.0 Å². The van der Waals surface area contributed by atoms with Gasteiger partial charge in [-0.15, -0.1) is 0 Å². The van der Waals surface area contributed by atoms with Gasteiger partial charge in [0, 0.05) is 37.9 Å². The van der Waals surface area contributed by atoms with E-state index in [2.05, 4.69) is 56.0 Å². The average molecular weight is 313 g/mol. The molecule has 1 aliphatic rings. The van der Waals surface area contributed by atoms with Gasteiger partial charge in [-0.25, -0.2) is 0 Å². The van der Waals surface area contributed by atoms with E-state index in [4.69, 9.17) is 4.52 Å². The van der Waals surface area contributed by atoms with Crippen molar-refractivity contribution in [3.05, 3.63) is 48.4 Å². The first-order chi connectivity index (χ1) is 11.3. The van der Waals surface area contributed by atoms with Gasteiger partial charge in [-0.2, -0.15) is 0 Å². The van der Waals surface area contributed by atoms with Gasteiger partial charge in [0.25, 0.3) is 0 Å². The van der Waals surface area contributed by atoms with Gasteiger partial charge in [-0.3, -0.25) is 4.99 Å². The predicted octanol–water partition coefficient (Wildman–Crippen LogP) is 2.01. The van der Waals surface area contributed by atoms with Gasteiger partial charge in [0.15, 0.2) is 5.96 Å². The van der Waals surface area contributed by atoms with Crippen LogP contribution in [-0.2, 0) is 6.54 Å². The number of nitrogens with zero attached hydrogens (tertiary/aromatic N) is 3. The van der Waals surface area contributed by atoms with Crippen LogP contribution in [0.25, 0.3) is 0 Å². The van der Waals surface area contributed by atoms with Gasteiger partial charge in [0.2, 0.25) is 0 Å². The number of rotatable bonds is 4. The summed E-state index contributed by atoms with van der Waals surface area (Å²) in [5.74, 6) is 0.811. The highest BCUT2D eigenvalue weighted by molar-refractivity contribution is 5.79. The fourth-order valence-electron chi connectivity index (χ4n) is 2.81. The largest absolute Gasteiger partial charge is 0.371 e. The summed E-state index contributed by atoms with van der Waals surface area (Å²) in [4.78, 5) is 6.72. The summed E-state index contributed by atoms with van der Waals surface area (Å²) in [6.45, 7) is 2.73. The van der Waals surface area contributed by atoms with Crippen LogP contribution in [0.3, 0.4) is 0 Å². The number of aliphatic imine (C=N–C) groups is 1. The highest BCUT2D eigenvalue weighted by Crippen LogP contribution is 2.19. The summed E-state index contributed by atoms with van der Waals surface area (Å²) in [6.07, 6.45) is 3.77. The number of benzene rings is 1. The van der Waals surface area contributed by atoms with Crippen molar-refractivity contribution >= 4 is 11.6 Å². The standard InChI is InChI=1S/C17H23N5O/c1-18-17(19-13-15-9-12-23-21-15)20-14-7-10-22(11-8-14)16-5-3-2-4-6-16/h2-6,9,12,14H,7-8,10-11,13H2,1H3,(H2,18,19,20). The first-order valence-electron chi connectivity index (χ1n) is 8.01. The molecule has 1 fully saturated rings. The monoisotopic (exact) mass is 313 g/mol. The second-order valence-electron chi connectivity index (χ2n) is 5.66. The SMILES string of the molecule is CN=C(NCc1ccon1)NC1CCN(c2ccccc2)CC1. The highest BCUT2D eigenvalue weighted by atomic mass is 16.5. The van der Waals surface area contributed by atoms with E-state index in [9.17, 15) is 0 Å². The van der Waals surface area contributed by atoms with Crippen LogP contribution < -0.4 is 15.5 Å². The molecule has 122 valence electrons. The lowest BCUT2D eigenvalue weighted by Crippen LogP contribution is -2.48. The molecule has 1 aromatic carbocycles. The van der Waals surface area contributed by atoms with Crippen molar-refractivity contribution in [2.45, 2.75) is 25.4 Å². The van der Waals surface area contributed by atoms with Crippen LogP contribution in [0.15, 0.2) is 52.2 Å². The molecule has 0 amide bonds. The van der Waals surface area contributed by atoms with Crippen molar-refractivity contribution in [3.8, 4) is 0 Å². The number of piperidine rings is 1. The molecule has 0 unspecified atom stereocenters. The van der Waals surface area contributed by atoms with E-state index in [-0.39, 0.29) is 0 Å². The van der Waals surface area contributed by atoms with Crippen molar-refractivity contribution in [1.29, 1.82) is 0 Å². The molecular formula is C17H23N5O. The van der Waals surface area contributed by atoms with E-state index < -0.39 is 0 Å². The van der Waals surface area contributed by atoms with E-state index in [1.54, 1.807) is 13.3 Å². The first-order valence-corrected chi connectivity index (χ1v) is 8.01. The number of guanidine groups is 1. The lowest BCUT2D eigenvalue weighted by atomic mass is 10.0. The van der Waals surface area contributed by atoms with Gasteiger partial charge in [0.05, 0.1) is 6.54 Å². The number of aromatic nitrogens is 1. The summed E-state index contributed by atoms with van der Waals surface area (Å²) in [5.41, 5.74) is 2.17. The predicted molar refractivity (Wildman–Crippen MR) is 91.5 cm³/mol. The Labute approximate surface area is 136 Å². The average Bonchev–Trinajstić information content (AvgIpc) is 3.13. The third-order valence-corrected chi connectivity index (χ3v) is 4.11. The number of nitrogens with one attached hydrogen (secondary N) is 2. The first kappa shape index (κ1) is 15.4. The summed E-state index contributed by atoms with van der Waals surface area (Å²) in [5, 5.41) is 10.6. The molecule has 2 aromatic rings. The third-order valence-electron chi connectivity index (χ3n) is 4.11. The molecule has 0 aliphatic carbocycles. The third kappa shape index (κ3) is 4.25. The van der Waals surface area contributed by atoms with Crippen molar-refractivity contribution in [3.63, 3.8) is 0 Å². The normalized spacial score (nSPS) is 16.4. The van der Waals surface area contributed by atoms with E-state index >= 15 is 0 Å². The molecule has 6 nitrogen and oxygen atoms in total. The summed E-state index contributed by atoms with van der Waals surface area (Å²) < 4.78 is 4.83. The Morgan fingerprint density at radius 1 is 1.26 bits per heavy atom. The molecule has 0 atom stereocenters. The van der Waals surface area contributed by atoms with Crippen LogP contribution in [0, 0.1) is 0 Å². The maximum absolute atomic E-state index is 4.83. The minimum Gasteiger partial charge on any atom is -0.371 e. The van der Waals surface area contributed by atoms with Gasteiger partial charge in [-0.1, -0.05) is 23.4 Å². The zero-order valence-electron chi connectivity index (χ0n) is 13.4. The fourth-order valence-corrected chi connectivity index (χ4v) is 2.81. The van der Waals surface area contributed by atoms with Crippen molar-refractivity contribution in [2.75, 3.05) is 25.0 Å². The van der Waals surface area contributed by atoms with Gasteiger partial charge < -0.3 is 20.1 Å². The van der Waals surface area contributed by atoms with Crippen LogP contribution in [0.2, 0.25) is 0 Å². The lowest BCUT2D eigenvalue weighted by molar-refractivity contribution is 0.410. The summed E-state index contributed by atoms with van der Waals surface area (Å²) in [6, 6.07) is 12.9. The Morgan fingerprint density at radius 2 is 2.04 bits per heavy atom. The molecule has 2 heterocycles. The van der Waals surface area contributed by atoms with Crippen LogP contribution in [0.5, 0.6) is 0 Å². The number of hydrogen-bond donors (Lipinski definition) is 2. The molecular weight excluding hydrogens is 290 g/mol. The minimum absolute atomic E-state index is 0.443. The zero-order valence-corrected chi connectivity index (χ0v) is 13.4. The van der Waals surface area contributed by atoms with Crippen molar-refractivity contribution in [2.24, 2.45) is 4.99 Å². The Kier molecular flexibility index (Phi) is 5.13. The number of para-hydroxylation sites is 1. The Balaban J connectivity index is 1.45. The minimum atomic E-state index is 0.443. The Morgan fingerprint density at radius 3 is 2.70 bits per heavy atom. The summed E-state index contributed by atoms with van der Waals surface area (Å²) in [7, 11) is 1.79. The maximum atomic E-state index is 4.83. The number of hydrogen-bond acceptors (Lipinski definition) is 4. The van der Waals surface area contributed by atoms with Gasteiger partial charge in [-0.05, 0) is 25.0 Å². The topological polar surface area (TPSA) is 65.7 Å². The lowest BCUT2D eigenvalue weighted by Gasteiger charge is -2.34. The van der Waals surface area contributed by atoms with E-state index in [0.717, 1.165) is 37.6 Å². The molecule has 0 bridgehead atoms. The molecule has 0 radical (unpaired) electrons. The summed E-state index contributed by atoms with van der Waals surface area (Å²) >= 11 is 0. The molecule has 1 aromatic heterocycles. The molecule has 2 N–H and O–H groups in total. The molecule has 0 saturated carbocycles. The zero-order chi connectivity index (χ0) is 15.9. The Bertz CT molecular complexity index is 603. The van der Waals surface area contributed by atoms with Crippen LogP contribution >= 0.6 is 0 Å².